The van der Waals surface area contributed by atoms with Crippen molar-refractivity contribution in [1.29, 1.82) is 0 Å². The highest BCUT2D eigenvalue weighted by Crippen LogP contribution is 2.43. The van der Waals surface area contributed by atoms with Crippen molar-refractivity contribution in [3.63, 3.8) is 0 Å². The molecule has 0 radical (unpaired) electrons. The Morgan fingerprint density at radius 2 is 2.00 bits per heavy atom. The molecule has 1 unspecified atom stereocenters. The lowest BCUT2D eigenvalue weighted by atomic mass is 9.84. The zero-order valence-electron chi connectivity index (χ0n) is 22.5. The summed E-state index contributed by atoms with van der Waals surface area (Å²) in [5, 5.41) is 7.95. The van der Waals surface area contributed by atoms with Crippen LogP contribution < -0.4 is 20.4 Å². The lowest BCUT2D eigenvalue weighted by molar-refractivity contribution is 0.341. The first-order valence-electron chi connectivity index (χ1n) is 12.9. The van der Waals surface area contributed by atoms with Gasteiger partial charge in [-0.1, -0.05) is 13.8 Å². The maximum absolute atomic E-state index is 11.9. The van der Waals surface area contributed by atoms with Crippen LogP contribution in [-0.4, -0.2) is 68.6 Å². The number of hydrogen-bond donors (Lipinski definition) is 2. The number of fused-ring (bicyclic) bond motifs is 1. The molecule has 0 bridgehead atoms. The number of aromatic nitrogens is 3. The van der Waals surface area contributed by atoms with Crippen molar-refractivity contribution in [2.75, 3.05) is 54.3 Å². The molecule has 3 atom stereocenters. The summed E-state index contributed by atoms with van der Waals surface area (Å²) in [6.07, 6.45) is 6.10. The number of nitrogens with one attached hydrogen (secondary N) is 2. The van der Waals surface area contributed by atoms with Crippen molar-refractivity contribution >= 4 is 43.9 Å². The third-order valence-corrected chi connectivity index (χ3v) is 8.62. The summed E-state index contributed by atoms with van der Waals surface area (Å²) < 4.78 is 23.9. The first kappa shape index (κ1) is 25.7. The molecular weight excluding hydrogens is 486 g/mol. The van der Waals surface area contributed by atoms with Gasteiger partial charge < -0.3 is 20.4 Å². The van der Waals surface area contributed by atoms with Gasteiger partial charge in [0.15, 0.2) is 0 Å². The molecule has 0 amide bonds. The molecule has 37 heavy (non-hydrogen) atoms. The molecular formula is C27H37N7O2S. The van der Waals surface area contributed by atoms with Gasteiger partial charge in [0.2, 0.25) is 5.95 Å². The van der Waals surface area contributed by atoms with Crippen LogP contribution in [0.4, 0.5) is 23.1 Å². The standard InChI is InChI=1S/C27H37N7O2S/c1-16(2)25-20(22-8-10-28-22)12-23(34-14-18(17(34)3)15-37(6,35)36)21-13-30-27(32-26(21)25)31-19-7-9-29-24(11-19)33(4)5/h7,9,11-13,16-18,22,28H,8,10,14-15H2,1-6H3,(H,29,30,31,32)/t17-,18-,22?/m1/s1. The van der Waals surface area contributed by atoms with Gasteiger partial charge in [-0.2, -0.15) is 0 Å². The third-order valence-electron chi connectivity index (χ3n) is 7.59. The van der Waals surface area contributed by atoms with E-state index in [1.807, 2.05) is 37.3 Å². The fourth-order valence-corrected chi connectivity index (χ4v) is 6.58. The Bertz CT molecular complexity index is 1420. The monoisotopic (exact) mass is 523 g/mol. The van der Waals surface area contributed by atoms with Gasteiger partial charge in [-0.25, -0.2) is 23.4 Å². The molecule has 9 nitrogen and oxygen atoms in total. The minimum atomic E-state index is -3.02. The predicted molar refractivity (Wildman–Crippen MR) is 151 cm³/mol. The Labute approximate surface area is 219 Å². The van der Waals surface area contributed by atoms with Gasteiger partial charge in [0, 0.05) is 80.1 Å². The summed E-state index contributed by atoms with van der Waals surface area (Å²) in [7, 11) is 0.901. The molecule has 3 aromatic rings. The molecule has 4 heterocycles. The van der Waals surface area contributed by atoms with Crippen molar-refractivity contribution in [1.82, 2.24) is 20.3 Å². The molecule has 2 fully saturated rings. The maximum Gasteiger partial charge on any atom is 0.227 e. The molecule has 0 spiro atoms. The van der Waals surface area contributed by atoms with E-state index in [-0.39, 0.29) is 23.6 Å². The molecule has 2 aliphatic rings. The third kappa shape index (κ3) is 5.09. The van der Waals surface area contributed by atoms with E-state index in [1.54, 1.807) is 6.20 Å². The van der Waals surface area contributed by atoms with E-state index in [1.165, 1.54) is 17.4 Å². The van der Waals surface area contributed by atoms with Gasteiger partial charge in [-0.3, -0.25) is 0 Å². The largest absolute Gasteiger partial charge is 0.367 e. The lowest BCUT2D eigenvalue weighted by Crippen LogP contribution is -2.57. The summed E-state index contributed by atoms with van der Waals surface area (Å²) in [6, 6.07) is 6.61. The van der Waals surface area contributed by atoms with Gasteiger partial charge >= 0.3 is 0 Å². The Kier molecular flexibility index (Phi) is 6.74. The normalized spacial score (nSPS) is 21.6. The Balaban J connectivity index is 1.58. The first-order valence-corrected chi connectivity index (χ1v) is 15.0. The number of benzene rings is 1. The molecule has 2 saturated heterocycles. The highest BCUT2D eigenvalue weighted by atomic mass is 32.2. The second-order valence-corrected chi connectivity index (χ2v) is 13.2. The van der Waals surface area contributed by atoms with Crippen LogP contribution in [0.3, 0.4) is 0 Å². The smallest absolute Gasteiger partial charge is 0.227 e. The van der Waals surface area contributed by atoms with Gasteiger partial charge in [-0.05, 0) is 49.1 Å². The van der Waals surface area contributed by atoms with Crippen LogP contribution in [-0.2, 0) is 9.84 Å². The van der Waals surface area contributed by atoms with E-state index >= 15 is 0 Å². The van der Waals surface area contributed by atoms with E-state index in [2.05, 4.69) is 47.4 Å². The minimum Gasteiger partial charge on any atom is -0.367 e. The van der Waals surface area contributed by atoms with Crippen molar-refractivity contribution < 1.29 is 8.42 Å². The predicted octanol–water partition coefficient (Wildman–Crippen LogP) is 3.86. The molecule has 0 aliphatic carbocycles. The number of pyridine rings is 1. The number of rotatable bonds is 8. The molecule has 0 saturated carbocycles. The van der Waals surface area contributed by atoms with Gasteiger partial charge in [0.1, 0.15) is 15.7 Å². The number of anilines is 4. The van der Waals surface area contributed by atoms with Crippen LogP contribution in [0.2, 0.25) is 0 Å². The summed E-state index contributed by atoms with van der Waals surface area (Å²) >= 11 is 0. The quantitative estimate of drug-likeness (QED) is 0.455. The fraction of sp³-hybridized carbons (Fsp3) is 0.519. The maximum atomic E-state index is 11.9. The zero-order chi connectivity index (χ0) is 26.5. The van der Waals surface area contributed by atoms with Gasteiger partial charge in [0.25, 0.3) is 0 Å². The van der Waals surface area contributed by atoms with Crippen molar-refractivity contribution in [3.8, 4) is 0 Å². The molecule has 2 aliphatic heterocycles. The average molecular weight is 524 g/mol. The number of sulfone groups is 1. The summed E-state index contributed by atoms with van der Waals surface area (Å²) in [5.41, 5.74) is 5.44. The molecule has 2 aromatic heterocycles. The van der Waals surface area contributed by atoms with Crippen molar-refractivity contribution in [2.45, 2.75) is 45.2 Å². The second kappa shape index (κ2) is 9.72. The van der Waals surface area contributed by atoms with E-state index < -0.39 is 9.84 Å². The van der Waals surface area contributed by atoms with Crippen LogP contribution in [0.15, 0.2) is 30.6 Å². The Morgan fingerprint density at radius 3 is 2.59 bits per heavy atom. The van der Waals surface area contributed by atoms with Crippen molar-refractivity contribution in [3.05, 3.63) is 41.7 Å². The van der Waals surface area contributed by atoms with Crippen LogP contribution >= 0.6 is 0 Å². The van der Waals surface area contributed by atoms with E-state index in [4.69, 9.17) is 9.97 Å². The minimum absolute atomic E-state index is 0.125. The lowest BCUT2D eigenvalue weighted by Gasteiger charge is -2.48. The number of hydrogen-bond acceptors (Lipinski definition) is 9. The van der Waals surface area contributed by atoms with Crippen LogP contribution in [0, 0.1) is 5.92 Å². The molecule has 10 heteroatoms. The molecule has 1 aromatic carbocycles. The zero-order valence-corrected chi connectivity index (χ0v) is 23.3. The van der Waals surface area contributed by atoms with Gasteiger partial charge in [-0.15, -0.1) is 0 Å². The topological polar surface area (TPSA) is 103 Å². The fourth-order valence-electron chi connectivity index (χ4n) is 5.42. The van der Waals surface area contributed by atoms with E-state index in [9.17, 15) is 8.42 Å². The molecule has 2 N–H and O–H groups in total. The molecule has 5 rings (SSSR count). The number of nitrogens with zero attached hydrogens (tertiary/aromatic N) is 5. The van der Waals surface area contributed by atoms with E-state index in [0.717, 1.165) is 41.1 Å². The highest BCUT2D eigenvalue weighted by molar-refractivity contribution is 7.90. The first-order chi connectivity index (χ1) is 17.5. The second-order valence-electron chi connectivity index (χ2n) is 11.0. The highest BCUT2D eigenvalue weighted by Gasteiger charge is 2.39. The summed E-state index contributed by atoms with van der Waals surface area (Å²) in [6.45, 7) is 8.27. The molecule has 198 valence electrons. The van der Waals surface area contributed by atoms with Crippen LogP contribution in [0.1, 0.15) is 50.3 Å². The Hall–Kier alpha value is -2.98. The SMILES string of the molecule is CC(C)c1c(C2CCN2)cc(N2C[C@H](CS(C)(=O)=O)[C@H]2C)c2cnc(Nc3ccnc(N(C)C)c3)nc12. The Morgan fingerprint density at radius 1 is 1.24 bits per heavy atom. The van der Waals surface area contributed by atoms with Crippen molar-refractivity contribution in [2.24, 2.45) is 5.92 Å². The van der Waals surface area contributed by atoms with Gasteiger partial charge in [0.05, 0.1) is 11.3 Å². The van der Waals surface area contributed by atoms with Crippen LogP contribution in [0.25, 0.3) is 10.9 Å². The average Bonchev–Trinajstić information content (AvgIpc) is 2.79. The van der Waals surface area contributed by atoms with Crippen LogP contribution in [0.5, 0.6) is 0 Å². The summed E-state index contributed by atoms with van der Waals surface area (Å²) in [5.74, 6) is 2.02. The summed E-state index contributed by atoms with van der Waals surface area (Å²) in [4.78, 5) is 18.4. The van der Waals surface area contributed by atoms with E-state index in [0.29, 0.717) is 18.5 Å².